The van der Waals surface area contributed by atoms with Crippen molar-refractivity contribution in [2.45, 2.75) is 132 Å². The maximum Gasteiger partial charge on any atom is 0.336 e. The number of carboxylic acid groups (broad SMARTS) is 2. The number of esters is 1. The highest BCUT2D eigenvalue weighted by Crippen LogP contribution is 2.77. The summed E-state index contributed by atoms with van der Waals surface area (Å²) in [6.45, 7) is 22.2. The summed E-state index contributed by atoms with van der Waals surface area (Å²) in [5.74, 6) is 7.23. The highest BCUT2D eigenvalue weighted by Gasteiger charge is 2.71. The second kappa shape index (κ2) is 12.3. The number of ether oxygens (including phenoxy) is 1. The number of carboxylic acids is 2. The second-order valence-corrected chi connectivity index (χ2v) is 19.1. The fraction of sp³-hybridized carbons (Fsp3) is 0.705. The third-order valence-corrected chi connectivity index (χ3v) is 16.0. The first kappa shape index (κ1) is 36.7. The molecular formula is C44H60O6. The number of benzene rings is 1. The minimum absolute atomic E-state index is 0.117. The van der Waals surface area contributed by atoms with Crippen LogP contribution in [0, 0.1) is 73.9 Å². The maximum absolute atomic E-state index is 13.1. The molecule has 6 rings (SSSR count). The van der Waals surface area contributed by atoms with Crippen molar-refractivity contribution >= 4 is 17.9 Å². The molecule has 1 aromatic carbocycles. The van der Waals surface area contributed by atoms with Crippen LogP contribution >= 0.6 is 0 Å². The molecule has 0 amide bonds. The lowest BCUT2D eigenvalue weighted by molar-refractivity contribution is -0.247. The molecule has 0 bridgehead atoms. The number of aromatic carboxylic acids is 1. The Morgan fingerprint density at radius 3 is 2.24 bits per heavy atom. The minimum atomic E-state index is -1.15. The Morgan fingerprint density at radius 2 is 1.58 bits per heavy atom. The van der Waals surface area contributed by atoms with Crippen molar-refractivity contribution in [3.63, 3.8) is 0 Å². The van der Waals surface area contributed by atoms with Crippen LogP contribution < -0.4 is 0 Å². The van der Waals surface area contributed by atoms with Gasteiger partial charge in [-0.15, -0.1) is 0 Å². The molecule has 0 spiro atoms. The fourth-order valence-electron chi connectivity index (χ4n) is 13.2. The summed E-state index contributed by atoms with van der Waals surface area (Å²) in [7, 11) is 0. The van der Waals surface area contributed by atoms with E-state index in [4.69, 9.17) is 4.74 Å². The van der Waals surface area contributed by atoms with Crippen LogP contribution in [0.25, 0.3) is 0 Å². The van der Waals surface area contributed by atoms with E-state index in [9.17, 15) is 24.6 Å². The molecule has 5 aliphatic carbocycles. The van der Waals surface area contributed by atoms with E-state index in [0.717, 1.165) is 51.4 Å². The van der Waals surface area contributed by atoms with Gasteiger partial charge in [0.1, 0.15) is 6.10 Å². The van der Waals surface area contributed by atoms with Crippen molar-refractivity contribution in [2.24, 2.45) is 62.1 Å². The number of carbonyl (C=O) groups excluding carboxylic acids is 1. The monoisotopic (exact) mass is 684 g/mol. The molecule has 0 saturated heterocycles. The summed E-state index contributed by atoms with van der Waals surface area (Å²) in [6.07, 6.45) is 10.4. The van der Waals surface area contributed by atoms with E-state index in [2.05, 4.69) is 60.0 Å². The van der Waals surface area contributed by atoms with Gasteiger partial charge in [-0.25, -0.2) is 4.79 Å². The van der Waals surface area contributed by atoms with Crippen molar-refractivity contribution in [1.82, 2.24) is 0 Å². The van der Waals surface area contributed by atoms with Gasteiger partial charge in [0.2, 0.25) is 0 Å². The van der Waals surface area contributed by atoms with Crippen molar-refractivity contribution < 1.29 is 29.3 Å². The summed E-state index contributed by atoms with van der Waals surface area (Å²) in [5, 5.41) is 19.5. The molecule has 0 radical (unpaired) electrons. The molecule has 5 fully saturated rings. The summed E-state index contributed by atoms with van der Waals surface area (Å²) in [4.78, 5) is 36.8. The van der Waals surface area contributed by atoms with Gasteiger partial charge in [-0.2, -0.15) is 0 Å². The molecule has 5 aliphatic rings. The number of fused-ring (bicyclic) bond motifs is 7. The lowest BCUT2D eigenvalue weighted by Gasteiger charge is -2.72. The fourth-order valence-corrected chi connectivity index (χ4v) is 13.2. The van der Waals surface area contributed by atoms with Crippen molar-refractivity contribution in [3.05, 3.63) is 47.5 Å². The molecule has 1 aromatic rings. The summed E-state index contributed by atoms with van der Waals surface area (Å²) in [5.41, 5.74) is 1.06. The number of allylic oxidation sites excluding steroid dienone is 1. The van der Waals surface area contributed by atoms with Gasteiger partial charge in [-0.05, 0) is 143 Å². The Hall–Kier alpha value is -3.07. The third-order valence-electron chi connectivity index (χ3n) is 16.0. The Morgan fingerprint density at radius 1 is 0.880 bits per heavy atom. The molecule has 0 aromatic heterocycles. The van der Waals surface area contributed by atoms with E-state index in [-0.39, 0.29) is 45.2 Å². The zero-order valence-corrected chi connectivity index (χ0v) is 31.8. The maximum atomic E-state index is 13.1. The molecule has 4 unspecified atom stereocenters. The summed E-state index contributed by atoms with van der Waals surface area (Å²) >= 11 is 0. The average Bonchev–Trinajstić information content (AvgIpc) is 3.42. The zero-order valence-electron chi connectivity index (χ0n) is 31.8. The van der Waals surface area contributed by atoms with E-state index in [1.165, 1.54) is 18.4 Å². The van der Waals surface area contributed by atoms with Crippen molar-refractivity contribution in [3.8, 4) is 11.8 Å². The van der Waals surface area contributed by atoms with E-state index in [1.54, 1.807) is 26.0 Å². The number of rotatable bonds is 6. The lowest BCUT2D eigenvalue weighted by Crippen LogP contribution is -2.66. The normalized spacial score (nSPS) is 40.1. The van der Waals surface area contributed by atoms with E-state index in [1.807, 2.05) is 12.1 Å². The standard InChI is InChI=1S/C44H60O6/c1-27(2)29-17-23-44(22-16-28-12-10-11-13-30(28)37(46)47)25-24-42(8)31(36(29)44)14-15-33-41(7)20-19-34(50-35(45)26-39(3,4)38(48)49)40(5,6)32(41)18-21-43(33,42)9/h10-13,29,31-34,36H,1,14-15,17-21,23-26H2,2-9H3,(H,46,47)(H,48,49)/t29-,31?,32?,33?,34+,36?,41+,42-,43-,44-/m1/s1. The largest absolute Gasteiger partial charge is 0.481 e. The van der Waals surface area contributed by atoms with Crippen molar-refractivity contribution in [1.29, 1.82) is 0 Å². The van der Waals surface area contributed by atoms with Crippen LogP contribution in [0.2, 0.25) is 0 Å². The van der Waals surface area contributed by atoms with Gasteiger partial charge in [-0.1, -0.05) is 70.7 Å². The van der Waals surface area contributed by atoms with Crippen LogP contribution in [-0.4, -0.2) is 34.2 Å². The molecule has 50 heavy (non-hydrogen) atoms. The third kappa shape index (κ3) is 5.47. The van der Waals surface area contributed by atoms with Crippen LogP contribution in [0.5, 0.6) is 0 Å². The number of carbonyl (C=O) groups is 3. The molecule has 0 heterocycles. The molecular weight excluding hydrogens is 624 g/mol. The van der Waals surface area contributed by atoms with Gasteiger partial charge in [0, 0.05) is 16.4 Å². The topological polar surface area (TPSA) is 101 Å². The van der Waals surface area contributed by atoms with Gasteiger partial charge in [0.25, 0.3) is 0 Å². The Balaban J connectivity index is 1.29. The predicted octanol–water partition coefficient (Wildman–Crippen LogP) is 9.81. The van der Waals surface area contributed by atoms with Gasteiger partial charge < -0.3 is 14.9 Å². The Kier molecular flexibility index (Phi) is 9.01. The molecule has 5 saturated carbocycles. The van der Waals surface area contributed by atoms with Crippen LogP contribution in [0.1, 0.15) is 142 Å². The van der Waals surface area contributed by atoms with E-state index >= 15 is 0 Å². The Labute approximate surface area is 300 Å². The smallest absolute Gasteiger partial charge is 0.336 e. The van der Waals surface area contributed by atoms with Crippen molar-refractivity contribution in [2.75, 3.05) is 0 Å². The zero-order chi connectivity index (χ0) is 36.7. The molecule has 2 N–H and O–H groups in total. The molecule has 272 valence electrons. The number of aliphatic carboxylic acids is 1. The second-order valence-electron chi connectivity index (χ2n) is 19.1. The quantitative estimate of drug-likeness (QED) is 0.176. The highest BCUT2D eigenvalue weighted by molar-refractivity contribution is 5.90. The Bertz CT molecular complexity index is 1640. The van der Waals surface area contributed by atoms with Crippen LogP contribution in [0.3, 0.4) is 0 Å². The molecule has 6 heteroatoms. The highest BCUT2D eigenvalue weighted by atomic mass is 16.5. The first-order valence-corrected chi connectivity index (χ1v) is 19.2. The van der Waals surface area contributed by atoms with Gasteiger partial charge in [-0.3, -0.25) is 9.59 Å². The van der Waals surface area contributed by atoms with Gasteiger partial charge in [0.05, 0.1) is 17.4 Å². The predicted molar refractivity (Wildman–Crippen MR) is 195 cm³/mol. The molecule has 0 aliphatic heterocycles. The van der Waals surface area contributed by atoms with Crippen LogP contribution in [-0.2, 0) is 14.3 Å². The molecule has 6 nitrogen and oxygen atoms in total. The lowest BCUT2D eigenvalue weighted by atomic mass is 9.32. The first-order chi connectivity index (χ1) is 23.2. The summed E-state index contributed by atoms with van der Waals surface area (Å²) in [6, 6.07) is 7.15. The van der Waals surface area contributed by atoms with E-state index in [0.29, 0.717) is 35.2 Å². The number of hydrogen-bond donors (Lipinski definition) is 2. The average molecular weight is 685 g/mol. The SMILES string of the molecule is C=C(C)[C@H]1CC[C@]2(C#Cc3ccccc3C(=O)O)CC[C@]3(C)C(CCC4[C@@]5(C)CC[C@H](OC(=O)CC(C)(C)C(=O)O)C(C)(C)C5CC[C@]43C)C12. The van der Waals surface area contributed by atoms with Gasteiger partial charge >= 0.3 is 17.9 Å². The van der Waals surface area contributed by atoms with Crippen LogP contribution in [0.4, 0.5) is 0 Å². The summed E-state index contributed by atoms with van der Waals surface area (Å²) < 4.78 is 6.17. The number of hydrogen-bond acceptors (Lipinski definition) is 4. The van der Waals surface area contributed by atoms with Gasteiger partial charge in [0.15, 0.2) is 0 Å². The first-order valence-electron chi connectivity index (χ1n) is 19.2. The molecule has 10 atom stereocenters. The van der Waals surface area contributed by atoms with E-state index < -0.39 is 23.3 Å². The minimum Gasteiger partial charge on any atom is -0.481 e. The van der Waals surface area contributed by atoms with Crippen LogP contribution in [0.15, 0.2) is 36.4 Å².